The van der Waals surface area contributed by atoms with Gasteiger partial charge in [-0.15, -0.1) is 11.6 Å². The van der Waals surface area contributed by atoms with E-state index in [1.54, 1.807) is 12.1 Å². The summed E-state index contributed by atoms with van der Waals surface area (Å²) < 4.78 is 5.48. The number of aromatic hydroxyl groups is 1. The van der Waals surface area contributed by atoms with Crippen LogP contribution in [-0.2, 0) is 5.41 Å². The molecule has 1 N–H and O–H groups in total. The van der Waals surface area contributed by atoms with Gasteiger partial charge in [-0.05, 0) is 35.4 Å². The molecule has 0 aliphatic heterocycles. The van der Waals surface area contributed by atoms with Crippen LogP contribution >= 0.6 is 11.6 Å². The smallest absolute Gasteiger partial charge is 0.137 e. The van der Waals surface area contributed by atoms with Crippen LogP contribution in [0.1, 0.15) is 30.5 Å². The molecule has 0 amide bonds. The maximum absolute atomic E-state index is 9.42. The first-order valence-corrected chi connectivity index (χ1v) is 7.55. The van der Waals surface area contributed by atoms with E-state index in [2.05, 4.69) is 19.9 Å². The van der Waals surface area contributed by atoms with Gasteiger partial charge in [-0.3, -0.25) is 0 Å². The Bertz CT molecular complexity index is 687. The summed E-state index contributed by atoms with van der Waals surface area (Å²) in [6, 6.07) is 14.9. The second-order valence-electron chi connectivity index (χ2n) is 5.53. The highest BCUT2D eigenvalue weighted by Crippen LogP contribution is 2.34. The van der Waals surface area contributed by atoms with Gasteiger partial charge in [0.25, 0.3) is 0 Å². The lowest BCUT2D eigenvalue weighted by Gasteiger charge is -2.26. The van der Waals surface area contributed by atoms with Gasteiger partial charge in [0.2, 0.25) is 0 Å². The molecule has 0 aliphatic rings. The first kappa shape index (κ1) is 16.2. The molecular weight excluding hydrogens is 298 g/mol. The fraction of sp³-hybridized carbons (Fsp3) is 0.278. The highest BCUT2D eigenvalue weighted by Gasteiger charge is 2.24. The zero-order valence-corrected chi connectivity index (χ0v) is 13.4. The zero-order chi connectivity index (χ0) is 16.2. The minimum atomic E-state index is -0.287. The van der Waals surface area contributed by atoms with Crippen molar-refractivity contribution in [1.29, 1.82) is 5.26 Å². The van der Waals surface area contributed by atoms with Gasteiger partial charge < -0.3 is 9.84 Å². The van der Waals surface area contributed by atoms with Crippen molar-refractivity contribution in [1.82, 2.24) is 0 Å². The summed E-state index contributed by atoms with van der Waals surface area (Å²) in [5, 5.41) is 18.7. The summed E-state index contributed by atoms with van der Waals surface area (Å²) in [4.78, 5) is 0. The Morgan fingerprint density at radius 3 is 2.36 bits per heavy atom. The van der Waals surface area contributed by atoms with Crippen molar-refractivity contribution in [3.8, 4) is 17.6 Å². The van der Waals surface area contributed by atoms with E-state index < -0.39 is 0 Å². The Morgan fingerprint density at radius 1 is 1.14 bits per heavy atom. The number of ether oxygens (including phenoxy) is 1. The molecule has 22 heavy (non-hydrogen) atoms. The summed E-state index contributed by atoms with van der Waals surface area (Å²) >= 11 is 5.62. The first-order valence-electron chi connectivity index (χ1n) is 7.02. The van der Waals surface area contributed by atoms with E-state index in [0.29, 0.717) is 23.8 Å². The molecule has 2 aromatic rings. The van der Waals surface area contributed by atoms with Gasteiger partial charge in [0.1, 0.15) is 24.2 Å². The van der Waals surface area contributed by atoms with Crippen LogP contribution in [0.15, 0.2) is 42.5 Å². The lowest BCUT2D eigenvalue weighted by molar-refractivity contribution is 0.341. The molecule has 0 spiro atoms. The predicted molar refractivity (Wildman–Crippen MR) is 87.6 cm³/mol. The highest BCUT2D eigenvalue weighted by molar-refractivity contribution is 6.18. The second kappa shape index (κ2) is 6.72. The number of hydrogen-bond donors (Lipinski definition) is 1. The second-order valence-corrected chi connectivity index (χ2v) is 5.91. The van der Waals surface area contributed by atoms with Crippen molar-refractivity contribution in [3.05, 3.63) is 59.2 Å². The molecule has 4 heteroatoms. The fourth-order valence-corrected chi connectivity index (χ4v) is 2.40. The normalized spacial score (nSPS) is 11.0. The van der Waals surface area contributed by atoms with Gasteiger partial charge in [-0.2, -0.15) is 5.26 Å². The molecule has 0 fully saturated rings. The van der Waals surface area contributed by atoms with Crippen molar-refractivity contribution in [2.45, 2.75) is 19.3 Å². The molecule has 2 aromatic carbocycles. The first-order chi connectivity index (χ1) is 10.5. The molecule has 0 saturated heterocycles. The number of phenolic OH excluding ortho intramolecular Hbond substituents is 1. The Morgan fingerprint density at radius 2 is 1.77 bits per heavy atom. The number of alkyl halides is 1. The summed E-state index contributed by atoms with van der Waals surface area (Å²) in [6.45, 7) is 4.53. The van der Waals surface area contributed by atoms with Crippen molar-refractivity contribution < 1.29 is 9.84 Å². The van der Waals surface area contributed by atoms with Gasteiger partial charge in [-0.25, -0.2) is 0 Å². The third-order valence-corrected chi connectivity index (χ3v) is 3.90. The maximum atomic E-state index is 9.42. The lowest BCUT2D eigenvalue weighted by Crippen LogP contribution is -2.19. The van der Waals surface area contributed by atoms with E-state index >= 15 is 0 Å². The van der Waals surface area contributed by atoms with Crippen molar-refractivity contribution in [2.75, 3.05) is 12.5 Å². The number of rotatable bonds is 5. The summed E-state index contributed by atoms with van der Waals surface area (Å²) in [6.07, 6.45) is 0. The number of halogens is 1. The lowest BCUT2D eigenvalue weighted by atomic mass is 9.77. The molecule has 0 bridgehead atoms. The van der Waals surface area contributed by atoms with Crippen LogP contribution < -0.4 is 4.74 Å². The SMILES string of the molecule is CC(C)(c1ccc(O)cc1)c1ccc(OCCCl)c(C#N)c1. The maximum Gasteiger partial charge on any atom is 0.137 e. The van der Waals surface area contributed by atoms with E-state index in [1.165, 1.54) is 0 Å². The average Bonchev–Trinajstić information content (AvgIpc) is 2.53. The summed E-state index contributed by atoms with van der Waals surface area (Å²) in [5.41, 5.74) is 2.27. The van der Waals surface area contributed by atoms with Crippen molar-refractivity contribution in [2.24, 2.45) is 0 Å². The van der Waals surface area contributed by atoms with E-state index in [4.69, 9.17) is 16.3 Å². The van der Waals surface area contributed by atoms with E-state index in [-0.39, 0.29) is 11.2 Å². The number of phenols is 1. The van der Waals surface area contributed by atoms with Crippen LogP contribution in [0.2, 0.25) is 0 Å². The minimum absolute atomic E-state index is 0.238. The molecule has 0 heterocycles. The van der Waals surface area contributed by atoms with Crippen LogP contribution in [0.25, 0.3) is 0 Å². The minimum Gasteiger partial charge on any atom is -0.508 e. The third kappa shape index (κ3) is 3.35. The van der Waals surface area contributed by atoms with Gasteiger partial charge in [-0.1, -0.05) is 32.0 Å². The van der Waals surface area contributed by atoms with Crippen LogP contribution in [0.5, 0.6) is 11.5 Å². The molecule has 2 rings (SSSR count). The van der Waals surface area contributed by atoms with Crippen LogP contribution in [-0.4, -0.2) is 17.6 Å². The molecule has 0 radical (unpaired) electrons. The quantitative estimate of drug-likeness (QED) is 0.841. The standard InChI is InChI=1S/C18H18ClNO2/c1-18(2,14-3-6-16(21)7-4-14)15-5-8-17(22-10-9-19)13(11-15)12-20/h3-8,11,21H,9-10H2,1-2H3. The number of hydrogen-bond acceptors (Lipinski definition) is 3. The Kier molecular flexibility index (Phi) is 4.95. The van der Waals surface area contributed by atoms with E-state index in [9.17, 15) is 10.4 Å². The molecule has 3 nitrogen and oxygen atoms in total. The number of benzene rings is 2. The summed E-state index contributed by atoms with van der Waals surface area (Å²) in [5.74, 6) is 1.17. The third-order valence-electron chi connectivity index (χ3n) is 3.75. The van der Waals surface area contributed by atoms with Crippen molar-refractivity contribution in [3.63, 3.8) is 0 Å². The monoisotopic (exact) mass is 315 g/mol. The molecule has 0 saturated carbocycles. The van der Waals surface area contributed by atoms with Crippen molar-refractivity contribution >= 4 is 11.6 Å². The number of nitrogens with zero attached hydrogens (tertiary/aromatic N) is 1. The molecule has 114 valence electrons. The van der Waals surface area contributed by atoms with Crippen LogP contribution in [0.3, 0.4) is 0 Å². The van der Waals surface area contributed by atoms with Crippen LogP contribution in [0, 0.1) is 11.3 Å². The molecule has 0 atom stereocenters. The fourth-order valence-electron chi connectivity index (χ4n) is 2.33. The topological polar surface area (TPSA) is 53.2 Å². The van der Waals surface area contributed by atoms with Gasteiger partial charge in [0.05, 0.1) is 11.4 Å². The van der Waals surface area contributed by atoms with Gasteiger partial charge in [0, 0.05) is 5.41 Å². The van der Waals surface area contributed by atoms with Crippen LogP contribution in [0.4, 0.5) is 0 Å². The highest BCUT2D eigenvalue weighted by atomic mass is 35.5. The van der Waals surface area contributed by atoms with Gasteiger partial charge >= 0.3 is 0 Å². The van der Waals surface area contributed by atoms with E-state index in [0.717, 1.165) is 11.1 Å². The van der Waals surface area contributed by atoms with Gasteiger partial charge in [0.15, 0.2) is 0 Å². The Labute approximate surface area is 135 Å². The summed E-state index contributed by atoms with van der Waals surface area (Å²) in [7, 11) is 0. The Balaban J connectivity index is 2.39. The zero-order valence-electron chi connectivity index (χ0n) is 12.6. The predicted octanol–water partition coefficient (Wildman–Crippen LogP) is 4.21. The molecule has 0 unspecified atom stereocenters. The van der Waals surface area contributed by atoms with E-state index in [1.807, 2.05) is 30.3 Å². The average molecular weight is 316 g/mol. The Hall–Kier alpha value is -2.18. The molecule has 0 aromatic heterocycles. The molecule has 0 aliphatic carbocycles. The molecular formula is C18H18ClNO2. The number of nitriles is 1. The largest absolute Gasteiger partial charge is 0.508 e.